The molecule has 0 saturated carbocycles. The van der Waals surface area contributed by atoms with Gasteiger partial charge in [0, 0.05) is 29.7 Å². The Hall–Kier alpha value is -2.66. The Bertz CT molecular complexity index is 828. The van der Waals surface area contributed by atoms with Gasteiger partial charge in [-0.3, -0.25) is 4.79 Å². The summed E-state index contributed by atoms with van der Waals surface area (Å²) in [6.07, 6.45) is 2.41. The summed E-state index contributed by atoms with van der Waals surface area (Å²) in [5.41, 5.74) is 2.19. The first-order valence-electron chi connectivity index (χ1n) is 7.46. The lowest BCUT2D eigenvalue weighted by Gasteiger charge is -2.04. The summed E-state index contributed by atoms with van der Waals surface area (Å²) in [5, 5.41) is 7.85. The van der Waals surface area contributed by atoms with E-state index in [0.29, 0.717) is 23.6 Å². The van der Waals surface area contributed by atoms with Crippen molar-refractivity contribution < 1.29 is 9.18 Å². The standard InChI is InChI=1S/C18H15ClFN3O/c19-14-3-1-13(2-4-14)18(24)21-11-9-16-10-12-23(22-16)17-7-5-15(20)6-8-17/h1-8,10,12H,9,11H2,(H,21,24). The van der Waals surface area contributed by atoms with Crippen molar-refractivity contribution in [1.29, 1.82) is 0 Å². The van der Waals surface area contributed by atoms with E-state index in [4.69, 9.17) is 11.6 Å². The van der Waals surface area contributed by atoms with Crippen LogP contribution in [-0.4, -0.2) is 22.2 Å². The monoisotopic (exact) mass is 343 g/mol. The van der Waals surface area contributed by atoms with E-state index in [1.165, 1.54) is 12.1 Å². The molecule has 0 atom stereocenters. The summed E-state index contributed by atoms with van der Waals surface area (Å²) >= 11 is 5.80. The largest absolute Gasteiger partial charge is 0.352 e. The van der Waals surface area contributed by atoms with E-state index in [1.807, 2.05) is 12.3 Å². The first kappa shape index (κ1) is 16.2. The van der Waals surface area contributed by atoms with Gasteiger partial charge in [0.1, 0.15) is 5.82 Å². The van der Waals surface area contributed by atoms with Crippen molar-refractivity contribution in [3.63, 3.8) is 0 Å². The molecular formula is C18H15ClFN3O. The van der Waals surface area contributed by atoms with Gasteiger partial charge in [0.25, 0.3) is 5.91 Å². The van der Waals surface area contributed by atoms with Gasteiger partial charge < -0.3 is 5.32 Å². The van der Waals surface area contributed by atoms with Gasteiger partial charge in [0.2, 0.25) is 0 Å². The summed E-state index contributed by atoms with van der Waals surface area (Å²) in [5.74, 6) is -0.430. The average Bonchev–Trinajstić information content (AvgIpc) is 3.05. The number of nitrogens with one attached hydrogen (secondary N) is 1. The van der Waals surface area contributed by atoms with Crippen LogP contribution in [0.1, 0.15) is 16.1 Å². The molecule has 0 bridgehead atoms. The molecule has 4 nitrogen and oxygen atoms in total. The third kappa shape index (κ3) is 4.00. The highest BCUT2D eigenvalue weighted by atomic mass is 35.5. The molecule has 0 aliphatic rings. The molecule has 0 radical (unpaired) electrons. The van der Waals surface area contributed by atoms with Crippen LogP contribution in [0.2, 0.25) is 5.02 Å². The fraction of sp³-hybridized carbons (Fsp3) is 0.111. The van der Waals surface area contributed by atoms with Gasteiger partial charge in [0.05, 0.1) is 11.4 Å². The van der Waals surface area contributed by atoms with Crippen LogP contribution in [0.25, 0.3) is 5.69 Å². The summed E-state index contributed by atoms with van der Waals surface area (Å²) in [7, 11) is 0. The van der Waals surface area contributed by atoms with Crippen molar-refractivity contribution in [2.45, 2.75) is 6.42 Å². The number of benzene rings is 2. The Morgan fingerprint density at radius 2 is 1.79 bits per heavy atom. The van der Waals surface area contributed by atoms with Crippen molar-refractivity contribution in [2.24, 2.45) is 0 Å². The van der Waals surface area contributed by atoms with Crippen molar-refractivity contribution in [3.05, 3.63) is 82.9 Å². The maximum absolute atomic E-state index is 12.9. The number of rotatable bonds is 5. The molecule has 2 aromatic carbocycles. The van der Waals surface area contributed by atoms with E-state index in [2.05, 4.69) is 10.4 Å². The smallest absolute Gasteiger partial charge is 0.251 e. The van der Waals surface area contributed by atoms with Crippen LogP contribution in [0.4, 0.5) is 4.39 Å². The molecule has 0 unspecified atom stereocenters. The Kier molecular flexibility index (Phi) is 4.91. The number of amides is 1. The Morgan fingerprint density at radius 3 is 2.50 bits per heavy atom. The Balaban J connectivity index is 1.55. The van der Waals surface area contributed by atoms with Crippen LogP contribution in [0, 0.1) is 5.82 Å². The quantitative estimate of drug-likeness (QED) is 0.769. The lowest BCUT2D eigenvalue weighted by atomic mass is 10.2. The minimum absolute atomic E-state index is 0.148. The first-order valence-corrected chi connectivity index (χ1v) is 7.84. The number of hydrogen-bond acceptors (Lipinski definition) is 2. The topological polar surface area (TPSA) is 46.9 Å². The fourth-order valence-electron chi connectivity index (χ4n) is 2.24. The van der Waals surface area contributed by atoms with Crippen LogP contribution >= 0.6 is 11.6 Å². The van der Waals surface area contributed by atoms with E-state index < -0.39 is 0 Å². The first-order chi connectivity index (χ1) is 11.6. The highest BCUT2D eigenvalue weighted by Gasteiger charge is 2.06. The van der Waals surface area contributed by atoms with Gasteiger partial charge in [-0.2, -0.15) is 5.10 Å². The molecule has 1 heterocycles. The summed E-state index contributed by atoms with van der Waals surface area (Å²) in [6, 6.07) is 14.7. The Morgan fingerprint density at radius 1 is 1.08 bits per heavy atom. The van der Waals surface area contributed by atoms with Gasteiger partial charge >= 0.3 is 0 Å². The van der Waals surface area contributed by atoms with Gasteiger partial charge in [-0.1, -0.05) is 11.6 Å². The normalized spacial score (nSPS) is 10.6. The number of aromatic nitrogens is 2. The van der Waals surface area contributed by atoms with Gasteiger partial charge in [0.15, 0.2) is 0 Å². The second-order valence-electron chi connectivity index (χ2n) is 5.24. The summed E-state index contributed by atoms with van der Waals surface area (Å²) in [6.45, 7) is 0.474. The lowest BCUT2D eigenvalue weighted by molar-refractivity contribution is 0.0954. The van der Waals surface area contributed by atoms with E-state index in [1.54, 1.807) is 41.1 Å². The molecule has 1 N–H and O–H groups in total. The van der Waals surface area contributed by atoms with Crippen LogP contribution in [0.15, 0.2) is 60.8 Å². The molecular weight excluding hydrogens is 329 g/mol. The summed E-state index contributed by atoms with van der Waals surface area (Å²) < 4.78 is 14.6. The maximum atomic E-state index is 12.9. The molecule has 0 saturated heterocycles. The minimum Gasteiger partial charge on any atom is -0.352 e. The molecule has 0 aliphatic carbocycles. The second-order valence-corrected chi connectivity index (χ2v) is 5.68. The van der Waals surface area contributed by atoms with Crippen molar-refractivity contribution in [2.75, 3.05) is 6.54 Å². The number of carbonyl (C=O) groups excluding carboxylic acids is 1. The van der Waals surface area contributed by atoms with Gasteiger partial charge in [-0.15, -0.1) is 0 Å². The highest BCUT2D eigenvalue weighted by molar-refractivity contribution is 6.30. The molecule has 0 aliphatic heterocycles. The van der Waals surface area contributed by atoms with E-state index in [-0.39, 0.29) is 11.7 Å². The highest BCUT2D eigenvalue weighted by Crippen LogP contribution is 2.10. The van der Waals surface area contributed by atoms with Crippen molar-refractivity contribution in [1.82, 2.24) is 15.1 Å². The zero-order valence-corrected chi connectivity index (χ0v) is 13.5. The number of carbonyl (C=O) groups is 1. The summed E-state index contributed by atoms with van der Waals surface area (Å²) in [4.78, 5) is 12.0. The van der Waals surface area contributed by atoms with Crippen molar-refractivity contribution in [3.8, 4) is 5.69 Å². The number of hydrogen-bond donors (Lipinski definition) is 1. The lowest BCUT2D eigenvalue weighted by Crippen LogP contribution is -2.25. The molecule has 1 amide bonds. The van der Waals surface area contributed by atoms with Gasteiger partial charge in [-0.05, 0) is 54.6 Å². The van der Waals surface area contributed by atoms with Crippen molar-refractivity contribution >= 4 is 17.5 Å². The predicted molar refractivity (Wildman–Crippen MR) is 91.0 cm³/mol. The molecule has 3 aromatic rings. The maximum Gasteiger partial charge on any atom is 0.251 e. The molecule has 122 valence electrons. The molecule has 0 fully saturated rings. The minimum atomic E-state index is -0.281. The van der Waals surface area contributed by atoms with Crippen LogP contribution in [-0.2, 0) is 6.42 Å². The molecule has 1 aromatic heterocycles. The third-order valence-corrected chi connectivity index (χ3v) is 3.76. The van der Waals surface area contributed by atoms with Crippen LogP contribution < -0.4 is 5.32 Å². The molecule has 3 rings (SSSR count). The average molecular weight is 344 g/mol. The second kappa shape index (κ2) is 7.27. The predicted octanol–water partition coefficient (Wildman–Crippen LogP) is 3.64. The third-order valence-electron chi connectivity index (χ3n) is 3.51. The zero-order chi connectivity index (χ0) is 16.9. The van der Waals surface area contributed by atoms with E-state index >= 15 is 0 Å². The fourth-order valence-corrected chi connectivity index (χ4v) is 2.37. The van der Waals surface area contributed by atoms with Gasteiger partial charge in [-0.25, -0.2) is 9.07 Å². The van der Waals surface area contributed by atoms with E-state index in [9.17, 15) is 9.18 Å². The van der Waals surface area contributed by atoms with Crippen LogP contribution in [0.5, 0.6) is 0 Å². The molecule has 24 heavy (non-hydrogen) atoms. The zero-order valence-electron chi connectivity index (χ0n) is 12.7. The Labute approximate surface area is 143 Å². The molecule has 0 spiro atoms. The SMILES string of the molecule is O=C(NCCc1ccn(-c2ccc(F)cc2)n1)c1ccc(Cl)cc1. The molecule has 6 heteroatoms. The number of nitrogens with zero attached hydrogens (tertiary/aromatic N) is 2. The van der Waals surface area contributed by atoms with Crippen LogP contribution in [0.3, 0.4) is 0 Å². The van der Waals surface area contributed by atoms with E-state index in [0.717, 1.165) is 11.4 Å². The number of halogens is 2.